The van der Waals surface area contributed by atoms with Crippen LogP contribution in [-0.4, -0.2) is 0 Å². The van der Waals surface area contributed by atoms with Gasteiger partial charge in [-0.3, -0.25) is 0 Å². The normalized spacial score (nSPS) is 13.8. The van der Waals surface area contributed by atoms with Gasteiger partial charge in [-0.15, -0.1) is 0 Å². The number of rotatable bonds is 5. The fourth-order valence-corrected chi connectivity index (χ4v) is 6.64. The summed E-state index contributed by atoms with van der Waals surface area (Å²) in [4.78, 5) is 1.77. The van der Waals surface area contributed by atoms with Gasteiger partial charge in [-0.1, -0.05) is 152 Å². The molecule has 0 radical (unpaired) electrons. The molecule has 0 atom stereocenters. The molecular weight excluding hydrogens is 567 g/mol. The second-order valence-corrected chi connectivity index (χ2v) is 11.5. The van der Waals surface area contributed by atoms with Crippen molar-refractivity contribution in [3.63, 3.8) is 0 Å². The molecule has 9 rings (SSSR count). The third-order valence-corrected chi connectivity index (χ3v) is 8.82. The van der Waals surface area contributed by atoms with E-state index in [0.29, 0.717) is 11.4 Å². The average Bonchev–Trinajstić information content (AvgIpc) is 3.22. The fraction of sp³-hybridized carbons (Fsp3) is 0. The van der Waals surface area contributed by atoms with Gasteiger partial charge < -0.3 is 4.90 Å². The van der Waals surface area contributed by atoms with Crippen LogP contribution in [0.3, 0.4) is 0 Å². The lowest BCUT2D eigenvalue weighted by Crippen LogP contribution is -2.10. The SMILES string of the molecule is [2H]c1cc([2H])c([2H])c(-c2c([2H])c([2H])c(N(c3ccc(-c4cc5ccccc5c5ccccc45)cc3)c3cc4ccccc4c4ccccc34)c([2H])c2[2H])c1[2H]. The van der Waals surface area contributed by atoms with Crippen LogP contribution in [0, 0.1) is 0 Å². The van der Waals surface area contributed by atoms with Crippen molar-refractivity contribution in [1.29, 1.82) is 0 Å². The molecule has 0 aliphatic heterocycles. The lowest BCUT2D eigenvalue weighted by atomic mass is 9.93. The summed E-state index contributed by atoms with van der Waals surface area (Å²) in [7, 11) is 0. The van der Waals surface area contributed by atoms with Gasteiger partial charge >= 0.3 is 0 Å². The highest BCUT2D eigenvalue weighted by Gasteiger charge is 2.18. The molecule has 0 spiro atoms. The molecule has 1 nitrogen and oxygen atoms in total. The highest BCUT2D eigenvalue weighted by atomic mass is 15.1. The summed E-state index contributed by atoms with van der Waals surface area (Å²) in [5.41, 5.74) is 2.72. The molecule has 0 unspecified atom stereocenters. The summed E-state index contributed by atoms with van der Waals surface area (Å²) in [5, 5.41) is 8.30. The Bertz CT molecular complexity index is 2980. The summed E-state index contributed by atoms with van der Waals surface area (Å²) in [6, 6.07) is 42.5. The van der Waals surface area contributed by atoms with E-state index >= 15 is 0 Å². The second-order valence-electron chi connectivity index (χ2n) is 11.5. The predicted octanol–water partition coefficient (Wildman–Crippen LogP) is 13.1. The van der Waals surface area contributed by atoms with Crippen molar-refractivity contribution in [3.8, 4) is 22.3 Å². The maximum absolute atomic E-state index is 9.47. The smallest absolute Gasteiger partial charge is 0.0645 e. The molecule has 1 heteroatoms. The molecule has 0 N–H and O–H groups in total. The molecule has 0 fully saturated rings. The van der Waals surface area contributed by atoms with Crippen LogP contribution in [0.15, 0.2) is 188 Å². The van der Waals surface area contributed by atoms with Crippen LogP contribution in [0.25, 0.3) is 65.3 Å². The Morgan fingerprint density at radius 3 is 1.53 bits per heavy atom. The van der Waals surface area contributed by atoms with Gasteiger partial charge in [0.25, 0.3) is 0 Å². The largest absolute Gasteiger partial charge is 0.310 e. The van der Waals surface area contributed by atoms with E-state index in [1.165, 1.54) is 5.39 Å². The molecule has 0 amide bonds. The molecule has 0 aromatic heterocycles. The third-order valence-electron chi connectivity index (χ3n) is 8.82. The standard InChI is InChI=1S/C46H31N/c1-2-12-32(13-3-1)33-22-26-37(27-23-33)47(46-31-36-15-5-7-17-40(36)42-19-10-11-21-44(42)46)38-28-24-34(25-29-38)45-30-35-14-4-6-16-39(35)41-18-8-9-20-43(41)45/h1-31H/i2D,3D,12D,13D,22D,23D,26D,27D. The molecule has 0 saturated heterocycles. The summed E-state index contributed by atoms with van der Waals surface area (Å²) in [6.45, 7) is 0. The molecule has 9 aromatic carbocycles. The van der Waals surface area contributed by atoms with E-state index in [9.17, 15) is 5.48 Å². The number of fused-ring (bicyclic) bond motifs is 6. The minimum Gasteiger partial charge on any atom is -0.310 e. The zero-order valence-corrected chi connectivity index (χ0v) is 25.2. The zero-order valence-electron chi connectivity index (χ0n) is 33.2. The molecule has 47 heavy (non-hydrogen) atoms. The number of anilines is 3. The van der Waals surface area contributed by atoms with Crippen LogP contribution in [0.5, 0.6) is 0 Å². The number of benzene rings is 9. The molecule has 220 valence electrons. The van der Waals surface area contributed by atoms with E-state index in [4.69, 9.17) is 5.48 Å². The van der Waals surface area contributed by atoms with Gasteiger partial charge in [0.2, 0.25) is 0 Å². The van der Waals surface area contributed by atoms with E-state index in [-0.39, 0.29) is 41.0 Å². The Morgan fingerprint density at radius 1 is 0.362 bits per heavy atom. The van der Waals surface area contributed by atoms with Crippen molar-refractivity contribution in [1.82, 2.24) is 0 Å². The van der Waals surface area contributed by atoms with Crippen LogP contribution >= 0.6 is 0 Å². The van der Waals surface area contributed by atoms with Gasteiger partial charge in [-0.05, 0) is 96.3 Å². The minimum absolute atomic E-state index is 0.00530. The van der Waals surface area contributed by atoms with E-state index < -0.39 is 24.2 Å². The van der Waals surface area contributed by atoms with Gasteiger partial charge in [0, 0.05) is 16.8 Å². The molecule has 0 heterocycles. The molecule has 0 bridgehead atoms. The van der Waals surface area contributed by atoms with Crippen LogP contribution in [0.2, 0.25) is 0 Å². The van der Waals surface area contributed by atoms with E-state index in [0.717, 1.165) is 54.9 Å². The lowest BCUT2D eigenvalue weighted by Gasteiger charge is -2.28. The van der Waals surface area contributed by atoms with Crippen molar-refractivity contribution in [2.45, 2.75) is 0 Å². The van der Waals surface area contributed by atoms with E-state index in [1.54, 1.807) is 4.90 Å². The van der Waals surface area contributed by atoms with Crippen LogP contribution in [-0.2, 0) is 0 Å². The number of hydrogen-bond acceptors (Lipinski definition) is 1. The minimum atomic E-state index is -0.461. The first-order chi connectivity index (χ1) is 26.6. The van der Waals surface area contributed by atoms with Crippen molar-refractivity contribution in [2.75, 3.05) is 4.90 Å². The molecule has 0 aliphatic carbocycles. The molecule has 0 saturated carbocycles. The lowest BCUT2D eigenvalue weighted by molar-refractivity contribution is 1.30. The third kappa shape index (κ3) is 4.72. The topological polar surface area (TPSA) is 3.24 Å². The van der Waals surface area contributed by atoms with E-state index in [1.807, 2.05) is 97.1 Å². The summed E-state index contributed by atoms with van der Waals surface area (Å²) >= 11 is 0. The van der Waals surface area contributed by atoms with Gasteiger partial charge in [0.15, 0.2) is 0 Å². The Hall–Kier alpha value is -6.18. The number of nitrogens with zero attached hydrogens (tertiary/aromatic N) is 1. The van der Waals surface area contributed by atoms with Crippen molar-refractivity contribution >= 4 is 60.2 Å². The quantitative estimate of drug-likeness (QED) is 0.176. The predicted molar refractivity (Wildman–Crippen MR) is 202 cm³/mol. The van der Waals surface area contributed by atoms with Crippen molar-refractivity contribution < 1.29 is 11.0 Å². The summed E-state index contributed by atoms with van der Waals surface area (Å²) in [5.74, 6) is 0. The Balaban J connectivity index is 1.32. The van der Waals surface area contributed by atoms with Crippen LogP contribution in [0.4, 0.5) is 17.1 Å². The van der Waals surface area contributed by atoms with Gasteiger partial charge in [0.05, 0.1) is 16.7 Å². The highest BCUT2D eigenvalue weighted by Crippen LogP contribution is 2.43. The zero-order chi connectivity index (χ0) is 38.1. The molecule has 0 aliphatic rings. The number of hydrogen-bond donors (Lipinski definition) is 0. The maximum Gasteiger partial charge on any atom is 0.0645 e. The fourth-order valence-electron chi connectivity index (χ4n) is 6.64. The highest BCUT2D eigenvalue weighted by molar-refractivity contribution is 6.15. The Morgan fingerprint density at radius 2 is 0.872 bits per heavy atom. The van der Waals surface area contributed by atoms with Gasteiger partial charge in [-0.25, -0.2) is 0 Å². The Labute approximate surface area is 285 Å². The first-order valence-electron chi connectivity index (χ1n) is 19.5. The summed E-state index contributed by atoms with van der Waals surface area (Å²) in [6.07, 6.45) is 0. The molecular formula is C46H31N. The van der Waals surface area contributed by atoms with Gasteiger partial charge in [0.1, 0.15) is 0 Å². The summed E-state index contributed by atoms with van der Waals surface area (Å²) < 4.78 is 71.0. The van der Waals surface area contributed by atoms with Crippen molar-refractivity contribution in [3.05, 3.63) is 188 Å². The maximum atomic E-state index is 9.47. The van der Waals surface area contributed by atoms with Gasteiger partial charge in [-0.2, -0.15) is 0 Å². The molecule has 9 aromatic rings. The van der Waals surface area contributed by atoms with E-state index in [2.05, 4.69) is 36.4 Å². The second kappa shape index (κ2) is 11.3. The average molecular weight is 606 g/mol. The van der Waals surface area contributed by atoms with Crippen LogP contribution < -0.4 is 4.90 Å². The first kappa shape index (κ1) is 20.0. The van der Waals surface area contributed by atoms with Crippen LogP contribution in [0.1, 0.15) is 11.0 Å². The Kier molecular flexibility index (Phi) is 4.83. The first-order valence-corrected chi connectivity index (χ1v) is 15.5. The van der Waals surface area contributed by atoms with Crippen molar-refractivity contribution in [2.24, 2.45) is 0 Å². The monoisotopic (exact) mass is 605 g/mol.